The van der Waals surface area contributed by atoms with E-state index < -0.39 is 0 Å². The highest BCUT2D eigenvalue weighted by Gasteiger charge is 2.23. The Morgan fingerprint density at radius 2 is 2.24 bits per heavy atom. The highest BCUT2D eigenvalue weighted by atomic mass is 32.2. The van der Waals surface area contributed by atoms with Gasteiger partial charge < -0.3 is 5.32 Å². The molecule has 0 saturated heterocycles. The van der Waals surface area contributed by atoms with Crippen LogP contribution in [0.4, 0.5) is 0 Å². The zero-order valence-electron chi connectivity index (χ0n) is 11.2. The predicted molar refractivity (Wildman–Crippen MR) is 86.4 cm³/mol. The van der Waals surface area contributed by atoms with Crippen molar-refractivity contribution in [2.45, 2.75) is 29.6 Å². The predicted octanol–water partition coefficient (Wildman–Crippen LogP) is 3.00. The van der Waals surface area contributed by atoms with Crippen molar-refractivity contribution in [2.75, 3.05) is 5.75 Å². The minimum Gasteiger partial charge on any atom is -0.353 e. The van der Waals surface area contributed by atoms with Gasteiger partial charge in [-0.25, -0.2) is 4.98 Å². The van der Waals surface area contributed by atoms with Gasteiger partial charge in [-0.15, -0.1) is 22.7 Å². The number of Topliss-reactive ketones (excluding diaryl/α,β-unsaturated/α-hetero) is 1. The first-order valence-electron chi connectivity index (χ1n) is 6.64. The van der Waals surface area contributed by atoms with Crippen LogP contribution in [0.3, 0.4) is 0 Å². The molecule has 1 fully saturated rings. The lowest BCUT2D eigenvalue weighted by molar-refractivity contribution is -0.120. The fraction of sp³-hybridized carbons (Fsp3) is 0.357. The van der Waals surface area contributed by atoms with Crippen LogP contribution in [0.15, 0.2) is 27.2 Å². The zero-order chi connectivity index (χ0) is 14.7. The van der Waals surface area contributed by atoms with Gasteiger partial charge in [0.15, 0.2) is 10.1 Å². The number of nitrogens with zero attached hydrogens (tertiary/aromatic N) is 1. The molecule has 2 aromatic rings. The number of aromatic nitrogens is 1. The maximum absolute atomic E-state index is 11.9. The molecular weight excluding hydrogens is 324 g/mol. The normalized spacial score (nSPS) is 14.1. The minimum atomic E-state index is 0.0361. The van der Waals surface area contributed by atoms with Gasteiger partial charge in [0.05, 0.1) is 22.7 Å². The fourth-order valence-corrected chi connectivity index (χ4v) is 4.23. The standard InChI is InChI=1S/C14H14N2O2S3/c17-11(12-2-1-5-19-12)8-21-14-16-10(7-20-14)6-13(18)15-9-3-4-9/h1-2,5,7,9H,3-4,6,8H2,(H,15,18). The molecule has 0 spiro atoms. The van der Waals surface area contributed by atoms with Crippen molar-refractivity contribution < 1.29 is 9.59 Å². The molecule has 1 N–H and O–H groups in total. The largest absolute Gasteiger partial charge is 0.353 e. The number of carbonyl (C=O) groups is 2. The first-order valence-corrected chi connectivity index (χ1v) is 9.38. The van der Waals surface area contributed by atoms with Crippen molar-refractivity contribution in [2.24, 2.45) is 0 Å². The summed E-state index contributed by atoms with van der Waals surface area (Å²) in [7, 11) is 0. The van der Waals surface area contributed by atoms with Crippen LogP contribution in [0, 0.1) is 0 Å². The van der Waals surface area contributed by atoms with E-state index in [4.69, 9.17) is 0 Å². The lowest BCUT2D eigenvalue weighted by Gasteiger charge is -2.00. The lowest BCUT2D eigenvalue weighted by Crippen LogP contribution is -2.27. The first kappa shape index (κ1) is 14.7. The summed E-state index contributed by atoms with van der Waals surface area (Å²) in [5.41, 5.74) is 0.782. The van der Waals surface area contributed by atoms with Gasteiger partial charge in [-0.2, -0.15) is 0 Å². The number of thiophene rings is 1. The van der Waals surface area contributed by atoms with Crippen LogP contribution < -0.4 is 5.32 Å². The van der Waals surface area contributed by atoms with Gasteiger partial charge in [0.25, 0.3) is 0 Å². The number of hydrogen-bond acceptors (Lipinski definition) is 6. The SMILES string of the molecule is O=C(Cc1csc(SCC(=O)c2cccs2)n1)NC1CC1. The molecule has 0 aliphatic heterocycles. The molecule has 1 saturated carbocycles. The van der Waals surface area contributed by atoms with Gasteiger partial charge in [-0.1, -0.05) is 17.8 Å². The van der Waals surface area contributed by atoms with E-state index in [9.17, 15) is 9.59 Å². The van der Waals surface area contributed by atoms with Gasteiger partial charge in [0, 0.05) is 11.4 Å². The second-order valence-corrected chi connectivity index (χ2v) is 7.84. The maximum Gasteiger partial charge on any atom is 0.226 e. The maximum atomic E-state index is 11.9. The van der Waals surface area contributed by atoms with Gasteiger partial charge >= 0.3 is 0 Å². The molecule has 3 rings (SSSR count). The molecule has 0 unspecified atom stereocenters. The van der Waals surface area contributed by atoms with Crippen molar-refractivity contribution in [1.82, 2.24) is 10.3 Å². The average Bonchev–Trinajstić information content (AvgIpc) is 2.96. The lowest BCUT2D eigenvalue weighted by atomic mass is 10.3. The summed E-state index contributed by atoms with van der Waals surface area (Å²) in [6.07, 6.45) is 2.51. The van der Waals surface area contributed by atoms with Gasteiger partial charge in [-0.3, -0.25) is 9.59 Å². The third-order valence-corrected chi connectivity index (χ3v) is 5.92. The van der Waals surface area contributed by atoms with Gasteiger partial charge in [-0.05, 0) is 24.3 Å². The van der Waals surface area contributed by atoms with E-state index in [1.54, 1.807) is 0 Å². The Balaban J connectivity index is 1.48. The Hall–Kier alpha value is -1.18. The molecule has 0 atom stereocenters. The quantitative estimate of drug-likeness (QED) is 0.623. The van der Waals surface area contributed by atoms with E-state index in [-0.39, 0.29) is 11.7 Å². The van der Waals surface area contributed by atoms with Crippen LogP contribution in [0.2, 0.25) is 0 Å². The number of ketones is 1. The number of thioether (sulfide) groups is 1. The van der Waals surface area contributed by atoms with Crippen molar-refractivity contribution in [3.63, 3.8) is 0 Å². The molecule has 0 bridgehead atoms. The van der Waals surface area contributed by atoms with Crippen LogP contribution in [-0.4, -0.2) is 28.5 Å². The molecular formula is C14H14N2O2S3. The molecule has 1 amide bonds. The van der Waals surface area contributed by atoms with Crippen LogP contribution in [-0.2, 0) is 11.2 Å². The molecule has 21 heavy (non-hydrogen) atoms. The zero-order valence-corrected chi connectivity index (χ0v) is 13.7. The third-order valence-electron chi connectivity index (χ3n) is 2.94. The molecule has 0 radical (unpaired) electrons. The summed E-state index contributed by atoms with van der Waals surface area (Å²) < 4.78 is 0.842. The number of thiazole rings is 1. The Labute approximate surface area is 135 Å². The van der Waals surface area contributed by atoms with Gasteiger partial charge in [0.1, 0.15) is 0 Å². The second-order valence-electron chi connectivity index (χ2n) is 4.81. The van der Waals surface area contributed by atoms with Gasteiger partial charge in [0.2, 0.25) is 5.91 Å². The number of rotatable bonds is 7. The number of carbonyl (C=O) groups excluding carboxylic acids is 2. The number of amides is 1. The van der Waals surface area contributed by atoms with E-state index >= 15 is 0 Å². The van der Waals surface area contributed by atoms with Crippen LogP contribution >= 0.6 is 34.4 Å². The van der Waals surface area contributed by atoms with Crippen molar-refractivity contribution in [1.29, 1.82) is 0 Å². The average molecular weight is 338 g/mol. The van der Waals surface area contributed by atoms with E-state index in [0.717, 1.165) is 27.8 Å². The second kappa shape index (κ2) is 6.72. The molecule has 110 valence electrons. The molecule has 0 aromatic carbocycles. The minimum absolute atomic E-state index is 0.0361. The summed E-state index contributed by atoms with van der Waals surface area (Å²) in [6.45, 7) is 0. The van der Waals surface area contributed by atoms with E-state index in [1.807, 2.05) is 22.9 Å². The summed E-state index contributed by atoms with van der Waals surface area (Å²) in [4.78, 5) is 28.8. The third kappa shape index (κ3) is 4.39. The molecule has 2 aromatic heterocycles. The number of nitrogens with one attached hydrogen (secondary N) is 1. The summed E-state index contributed by atoms with van der Waals surface area (Å²) in [5, 5.41) is 6.74. The molecule has 1 aliphatic carbocycles. The fourth-order valence-electron chi connectivity index (χ4n) is 1.74. The molecule has 4 nitrogen and oxygen atoms in total. The van der Waals surface area contributed by atoms with E-state index in [0.29, 0.717) is 18.2 Å². The van der Waals surface area contributed by atoms with Crippen LogP contribution in [0.5, 0.6) is 0 Å². The molecule has 7 heteroatoms. The van der Waals surface area contributed by atoms with E-state index in [1.165, 1.54) is 34.4 Å². The molecule has 1 aliphatic rings. The summed E-state index contributed by atoms with van der Waals surface area (Å²) in [6, 6.07) is 4.10. The smallest absolute Gasteiger partial charge is 0.226 e. The van der Waals surface area contributed by atoms with Crippen LogP contribution in [0.25, 0.3) is 0 Å². The van der Waals surface area contributed by atoms with E-state index in [2.05, 4.69) is 10.3 Å². The van der Waals surface area contributed by atoms with Crippen LogP contribution in [0.1, 0.15) is 28.2 Å². The highest BCUT2D eigenvalue weighted by Crippen LogP contribution is 2.25. The Bertz CT molecular complexity index is 632. The topological polar surface area (TPSA) is 59.1 Å². The molecule has 2 heterocycles. The Kier molecular flexibility index (Phi) is 4.72. The Morgan fingerprint density at radius 1 is 1.38 bits per heavy atom. The van der Waals surface area contributed by atoms with Crippen molar-refractivity contribution in [3.8, 4) is 0 Å². The van der Waals surface area contributed by atoms with Crippen molar-refractivity contribution in [3.05, 3.63) is 33.5 Å². The monoisotopic (exact) mass is 338 g/mol. The highest BCUT2D eigenvalue weighted by molar-refractivity contribution is 8.01. The number of hydrogen-bond donors (Lipinski definition) is 1. The summed E-state index contributed by atoms with van der Waals surface area (Å²) >= 11 is 4.38. The van der Waals surface area contributed by atoms with Crippen molar-refractivity contribution >= 4 is 46.1 Å². The Morgan fingerprint density at radius 3 is 2.95 bits per heavy atom. The first-order chi connectivity index (χ1) is 10.2. The summed E-state index contributed by atoms with van der Waals surface area (Å²) in [5.74, 6) is 0.550.